The molecule has 0 radical (unpaired) electrons. The molecule has 0 nitrogen and oxygen atoms in total. The van der Waals surface area contributed by atoms with Crippen LogP contribution in [0.4, 0.5) is 0 Å². The van der Waals surface area contributed by atoms with Crippen molar-refractivity contribution in [2.24, 2.45) is 35.0 Å². The molecule has 6 atom stereocenters. The molecule has 1 saturated carbocycles. The summed E-state index contributed by atoms with van der Waals surface area (Å²) < 4.78 is 0. The van der Waals surface area contributed by atoms with Gasteiger partial charge in [-0.05, 0) is 54.3 Å². The van der Waals surface area contributed by atoms with E-state index in [1.807, 2.05) is 0 Å². The fraction of sp³-hybridized carbons (Fsp3) is 1.00. The van der Waals surface area contributed by atoms with Crippen molar-refractivity contribution in [1.29, 1.82) is 0 Å². The minimum atomic E-state index is 0.611. The summed E-state index contributed by atoms with van der Waals surface area (Å²) in [4.78, 5) is 0. The van der Waals surface area contributed by atoms with Gasteiger partial charge in [0.2, 0.25) is 0 Å². The lowest BCUT2D eigenvalue weighted by molar-refractivity contribution is 0.0926. The Morgan fingerprint density at radius 2 is 1.80 bits per heavy atom. The van der Waals surface area contributed by atoms with Crippen molar-refractivity contribution < 1.29 is 0 Å². The second-order valence-corrected chi connectivity index (χ2v) is 8.45. The van der Waals surface area contributed by atoms with Gasteiger partial charge < -0.3 is 0 Å². The third-order valence-electron chi connectivity index (χ3n) is 6.72. The SMILES string of the molecule is CCCC(CC(C)CC)C(C)C(C)C1(C)CCC(C)C1. The number of hydrogen-bond donors (Lipinski definition) is 0. The van der Waals surface area contributed by atoms with E-state index in [9.17, 15) is 0 Å². The average molecular weight is 281 g/mol. The molecule has 0 saturated heterocycles. The van der Waals surface area contributed by atoms with Crippen molar-refractivity contribution in [2.75, 3.05) is 0 Å². The van der Waals surface area contributed by atoms with Crippen LogP contribution in [0.3, 0.4) is 0 Å². The maximum atomic E-state index is 2.57. The van der Waals surface area contributed by atoms with Crippen LogP contribution in [0, 0.1) is 35.0 Å². The van der Waals surface area contributed by atoms with E-state index in [1.54, 1.807) is 0 Å². The molecule has 1 aliphatic rings. The molecule has 6 unspecified atom stereocenters. The van der Waals surface area contributed by atoms with Crippen LogP contribution < -0.4 is 0 Å². The zero-order chi connectivity index (χ0) is 15.3. The summed E-state index contributed by atoms with van der Waals surface area (Å²) in [6.45, 7) is 17.3. The minimum Gasteiger partial charge on any atom is -0.0654 e. The Morgan fingerprint density at radius 1 is 1.15 bits per heavy atom. The Balaban J connectivity index is 2.70. The first kappa shape index (κ1) is 18.1. The second kappa shape index (κ2) is 7.85. The first-order valence-electron chi connectivity index (χ1n) is 9.34. The average Bonchev–Trinajstić information content (AvgIpc) is 2.77. The predicted molar refractivity (Wildman–Crippen MR) is 91.9 cm³/mol. The van der Waals surface area contributed by atoms with Crippen LogP contribution in [0.15, 0.2) is 0 Å². The summed E-state index contributed by atoms with van der Waals surface area (Å²) in [6, 6.07) is 0. The summed E-state index contributed by atoms with van der Waals surface area (Å²) in [5.74, 6) is 4.57. The topological polar surface area (TPSA) is 0 Å². The predicted octanol–water partition coefficient (Wildman–Crippen LogP) is 6.94. The van der Waals surface area contributed by atoms with Crippen molar-refractivity contribution in [3.63, 3.8) is 0 Å². The molecule has 0 bridgehead atoms. The molecule has 0 spiro atoms. The van der Waals surface area contributed by atoms with Crippen LogP contribution in [0.1, 0.15) is 93.4 Å². The highest BCUT2D eigenvalue weighted by molar-refractivity contribution is 4.91. The van der Waals surface area contributed by atoms with E-state index < -0.39 is 0 Å². The number of hydrogen-bond acceptors (Lipinski definition) is 0. The van der Waals surface area contributed by atoms with E-state index in [4.69, 9.17) is 0 Å². The molecule has 1 fully saturated rings. The Morgan fingerprint density at radius 3 is 2.25 bits per heavy atom. The van der Waals surface area contributed by atoms with Crippen molar-refractivity contribution in [1.82, 2.24) is 0 Å². The summed E-state index contributed by atoms with van der Waals surface area (Å²) in [7, 11) is 0. The van der Waals surface area contributed by atoms with Crippen molar-refractivity contribution >= 4 is 0 Å². The minimum absolute atomic E-state index is 0.611. The van der Waals surface area contributed by atoms with Gasteiger partial charge in [-0.15, -0.1) is 0 Å². The maximum absolute atomic E-state index is 2.57. The van der Waals surface area contributed by atoms with Gasteiger partial charge in [0.1, 0.15) is 0 Å². The zero-order valence-corrected chi connectivity index (χ0v) is 15.3. The molecule has 0 aromatic heterocycles. The van der Waals surface area contributed by atoms with Crippen LogP contribution in [-0.2, 0) is 0 Å². The van der Waals surface area contributed by atoms with E-state index in [2.05, 4.69) is 48.5 Å². The summed E-state index contributed by atoms with van der Waals surface area (Å²) >= 11 is 0. The highest BCUT2D eigenvalue weighted by Crippen LogP contribution is 2.51. The molecular weight excluding hydrogens is 240 g/mol. The Bertz CT molecular complexity index is 269. The van der Waals surface area contributed by atoms with E-state index in [-0.39, 0.29) is 0 Å². The monoisotopic (exact) mass is 280 g/mol. The van der Waals surface area contributed by atoms with Crippen molar-refractivity contribution in [3.8, 4) is 0 Å². The lowest BCUT2D eigenvalue weighted by atomic mass is 9.65. The molecule has 0 heterocycles. The smallest absolute Gasteiger partial charge is 0.0295 e. The van der Waals surface area contributed by atoms with Gasteiger partial charge in [-0.25, -0.2) is 0 Å². The van der Waals surface area contributed by atoms with Gasteiger partial charge in [0.15, 0.2) is 0 Å². The van der Waals surface area contributed by atoms with E-state index >= 15 is 0 Å². The van der Waals surface area contributed by atoms with E-state index in [1.165, 1.54) is 44.9 Å². The molecule has 0 amide bonds. The molecule has 0 aromatic rings. The quantitative estimate of drug-likeness (QED) is 0.452. The Kier molecular flexibility index (Phi) is 7.09. The molecular formula is C20H40. The maximum Gasteiger partial charge on any atom is -0.0295 e. The third kappa shape index (κ3) is 4.50. The van der Waals surface area contributed by atoms with Gasteiger partial charge in [-0.2, -0.15) is 0 Å². The van der Waals surface area contributed by atoms with Crippen LogP contribution >= 0.6 is 0 Å². The molecule has 0 aliphatic heterocycles. The van der Waals surface area contributed by atoms with Gasteiger partial charge in [-0.3, -0.25) is 0 Å². The van der Waals surface area contributed by atoms with Gasteiger partial charge in [-0.1, -0.05) is 74.1 Å². The molecule has 0 aromatic carbocycles. The van der Waals surface area contributed by atoms with Crippen LogP contribution in [0.5, 0.6) is 0 Å². The highest BCUT2D eigenvalue weighted by atomic mass is 14.5. The van der Waals surface area contributed by atoms with Gasteiger partial charge in [0, 0.05) is 0 Å². The zero-order valence-electron chi connectivity index (χ0n) is 15.3. The first-order chi connectivity index (χ1) is 9.34. The third-order valence-corrected chi connectivity index (χ3v) is 6.72. The van der Waals surface area contributed by atoms with Crippen LogP contribution in [0.25, 0.3) is 0 Å². The van der Waals surface area contributed by atoms with Crippen LogP contribution in [0.2, 0.25) is 0 Å². The highest BCUT2D eigenvalue weighted by Gasteiger charge is 2.41. The van der Waals surface area contributed by atoms with Crippen molar-refractivity contribution in [3.05, 3.63) is 0 Å². The first-order valence-corrected chi connectivity index (χ1v) is 9.34. The molecule has 20 heavy (non-hydrogen) atoms. The molecule has 1 rings (SSSR count). The van der Waals surface area contributed by atoms with Crippen molar-refractivity contribution in [2.45, 2.75) is 93.4 Å². The summed E-state index contributed by atoms with van der Waals surface area (Å²) in [5, 5.41) is 0. The second-order valence-electron chi connectivity index (χ2n) is 8.45. The molecule has 120 valence electrons. The lowest BCUT2D eigenvalue weighted by Gasteiger charge is -2.40. The molecule has 0 heteroatoms. The van der Waals surface area contributed by atoms with Gasteiger partial charge in [0.25, 0.3) is 0 Å². The van der Waals surface area contributed by atoms with E-state index in [0.717, 1.165) is 29.6 Å². The Hall–Kier alpha value is 0. The largest absolute Gasteiger partial charge is 0.0654 e. The fourth-order valence-corrected chi connectivity index (χ4v) is 4.68. The molecule has 0 N–H and O–H groups in total. The van der Waals surface area contributed by atoms with Gasteiger partial charge >= 0.3 is 0 Å². The fourth-order valence-electron chi connectivity index (χ4n) is 4.68. The number of rotatable bonds is 8. The normalized spacial score (nSPS) is 32.9. The molecule has 1 aliphatic carbocycles. The van der Waals surface area contributed by atoms with Crippen LogP contribution in [-0.4, -0.2) is 0 Å². The summed E-state index contributed by atoms with van der Waals surface area (Å²) in [6.07, 6.45) is 9.95. The standard InChI is InChI=1S/C20H40/c1-8-10-19(13-15(3)9-2)17(5)18(6)20(7)12-11-16(4)14-20/h15-19H,8-14H2,1-7H3. The van der Waals surface area contributed by atoms with E-state index in [0.29, 0.717) is 5.41 Å². The van der Waals surface area contributed by atoms with Gasteiger partial charge in [0.05, 0.1) is 0 Å². The lowest BCUT2D eigenvalue weighted by Crippen LogP contribution is -2.32. The summed E-state index contributed by atoms with van der Waals surface area (Å²) in [5.41, 5.74) is 0.611. The Labute approximate surface area is 129 Å².